The highest BCUT2D eigenvalue weighted by atomic mass is 16.5. The van der Waals surface area contributed by atoms with Crippen molar-refractivity contribution in [3.8, 4) is 22.9 Å². The lowest BCUT2D eigenvalue weighted by Crippen LogP contribution is -2.36. The molecule has 1 fully saturated rings. The molecule has 2 aromatic carbocycles. The first-order valence-corrected chi connectivity index (χ1v) is 11.4. The molecule has 0 aliphatic heterocycles. The van der Waals surface area contributed by atoms with Crippen molar-refractivity contribution in [2.45, 2.75) is 45.4 Å². The van der Waals surface area contributed by atoms with Crippen LogP contribution in [0.1, 0.15) is 30.9 Å². The van der Waals surface area contributed by atoms with E-state index in [1.807, 2.05) is 55.1 Å². The lowest BCUT2D eigenvalue weighted by Gasteiger charge is -2.25. The van der Waals surface area contributed by atoms with Crippen LogP contribution in [0.5, 0.6) is 11.6 Å². The molecule has 0 radical (unpaired) electrons. The molecular formula is C26H33N3O3. The molecule has 0 spiro atoms. The maximum Gasteiger partial charge on any atom is 0.222 e. The smallest absolute Gasteiger partial charge is 0.222 e. The standard InChI is InChI=1S/C26H33N3O3/c1-4-31-18-22(30)16-29(21-13-14-21)17-24-25(20-10-6-5-7-11-20)27-28(3)26(24)32-23-12-8-9-19(2)15-23/h5-12,15,21-22,30H,4,13-14,16-18H2,1-3H3. The third kappa shape index (κ3) is 5.57. The van der Waals surface area contributed by atoms with Gasteiger partial charge in [-0.25, -0.2) is 4.68 Å². The Hall–Kier alpha value is -2.67. The molecule has 1 N–H and O–H groups in total. The van der Waals surface area contributed by atoms with Gasteiger partial charge in [0, 0.05) is 38.3 Å². The van der Waals surface area contributed by atoms with E-state index in [2.05, 4.69) is 30.0 Å². The van der Waals surface area contributed by atoms with Crippen molar-refractivity contribution in [1.82, 2.24) is 14.7 Å². The molecule has 3 aromatic rings. The van der Waals surface area contributed by atoms with Crippen LogP contribution in [0.25, 0.3) is 11.3 Å². The summed E-state index contributed by atoms with van der Waals surface area (Å²) in [5.74, 6) is 1.53. The minimum absolute atomic E-state index is 0.352. The Balaban J connectivity index is 1.67. The molecule has 4 rings (SSSR count). The van der Waals surface area contributed by atoms with Gasteiger partial charge in [-0.3, -0.25) is 4.90 Å². The summed E-state index contributed by atoms with van der Waals surface area (Å²) < 4.78 is 13.6. The maximum absolute atomic E-state index is 10.5. The van der Waals surface area contributed by atoms with E-state index in [1.165, 1.54) is 0 Å². The average molecular weight is 436 g/mol. The zero-order chi connectivity index (χ0) is 22.5. The van der Waals surface area contributed by atoms with Gasteiger partial charge in [0.25, 0.3) is 0 Å². The molecule has 1 saturated carbocycles. The Morgan fingerprint density at radius 1 is 1.16 bits per heavy atom. The Kier molecular flexibility index (Phi) is 7.25. The summed E-state index contributed by atoms with van der Waals surface area (Å²) in [7, 11) is 1.92. The highest BCUT2D eigenvalue weighted by molar-refractivity contribution is 5.65. The predicted octanol–water partition coefficient (Wildman–Crippen LogP) is 4.55. The quantitative estimate of drug-likeness (QED) is 0.479. The Morgan fingerprint density at radius 3 is 2.62 bits per heavy atom. The second-order valence-corrected chi connectivity index (χ2v) is 8.51. The van der Waals surface area contributed by atoms with Crippen LogP contribution in [-0.4, -0.2) is 51.7 Å². The third-order valence-electron chi connectivity index (χ3n) is 5.72. The normalized spacial score (nSPS) is 14.7. The zero-order valence-electron chi connectivity index (χ0n) is 19.2. The van der Waals surface area contributed by atoms with E-state index in [4.69, 9.17) is 14.6 Å². The summed E-state index contributed by atoms with van der Waals surface area (Å²) in [6, 6.07) is 18.7. The summed E-state index contributed by atoms with van der Waals surface area (Å²) in [6.07, 6.45) is 1.78. The van der Waals surface area contributed by atoms with Gasteiger partial charge in [-0.05, 0) is 44.4 Å². The fraction of sp³-hybridized carbons (Fsp3) is 0.423. The van der Waals surface area contributed by atoms with E-state index < -0.39 is 6.10 Å². The molecule has 6 nitrogen and oxygen atoms in total. The van der Waals surface area contributed by atoms with Crippen LogP contribution in [-0.2, 0) is 18.3 Å². The molecule has 1 atom stereocenters. The second kappa shape index (κ2) is 10.3. The number of nitrogens with zero attached hydrogens (tertiary/aromatic N) is 3. The number of benzene rings is 2. The van der Waals surface area contributed by atoms with Crippen molar-refractivity contribution in [3.05, 3.63) is 65.7 Å². The highest BCUT2D eigenvalue weighted by Gasteiger charge is 2.33. The number of aliphatic hydroxyl groups excluding tert-OH is 1. The maximum atomic E-state index is 10.5. The van der Waals surface area contributed by atoms with Gasteiger partial charge in [-0.2, -0.15) is 5.10 Å². The summed E-state index contributed by atoms with van der Waals surface area (Å²) >= 11 is 0. The van der Waals surface area contributed by atoms with Crippen LogP contribution < -0.4 is 4.74 Å². The van der Waals surface area contributed by atoms with Crippen LogP contribution in [0.4, 0.5) is 0 Å². The van der Waals surface area contributed by atoms with Crippen LogP contribution in [0, 0.1) is 6.92 Å². The number of aromatic nitrogens is 2. The molecule has 170 valence electrons. The highest BCUT2D eigenvalue weighted by Crippen LogP contribution is 2.37. The van der Waals surface area contributed by atoms with Crippen molar-refractivity contribution in [1.29, 1.82) is 0 Å². The van der Waals surface area contributed by atoms with E-state index >= 15 is 0 Å². The monoisotopic (exact) mass is 435 g/mol. The molecule has 0 bridgehead atoms. The topological polar surface area (TPSA) is 59.8 Å². The first-order chi connectivity index (χ1) is 15.5. The number of hydrogen-bond donors (Lipinski definition) is 1. The largest absolute Gasteiger partial charge is 0.439 e. The minimum atomic E-state index is -0.520. The van der Waals surface area contributed by atoms with Crippen LogP contribution >= 0.6 is 0 Å². The van der Waals surface area contributed by atoms with Gasteiger partial charge in [0.1, 0.15) is 11.4 Å². The molecule has 1 aliphatic carbocycles. The number of ether oxygens (including phenoxy) is 2. The molecule has 0 saturated heterocycles. The van der Waals surface area contributed by atoms with Crippen LogP contribution in [0.15, 0.2) is 54.6 Å². The van der Waals surface area contributed by atoms with Gasteiger partial charge < -0.3 is 14.6 Å². The van der Waals surface area contributed by atoms with Gasteiger partial charge in [-0.15, -0.1) is 0 Å². The molecule has 6 heteroatoms. The van der Waals surface area contributed by atoms with Gasteiger partial charge in [0.2, 0.25) is 5.88 Å². The third-order valence-corrected chi connectivity index (χ3v) is 5.72. The van der Waals surface area contributed by atoms with E-state index in [1.54, 1.807) is 0 Å². The summed E-state index contributed by atoms with van der Waals surface area (Å²) in [5.41, 5.74) is 4.16. The summed E-state index contributed by atoms with van der Waals surface area (Å²) in [6.45, 7) is 6.19. The summed E-state index contributed by atoms with van der Waals surface area (Å²) in [5, 5.41) is 15.4. The second-order valence-electron chi connectivity index (χ2n) is 8.51. The fourth-order valence-corrected chi connectivity index (χ4v) is 4.00. The van der Waals surface area contributed by atoms with Gasteiger partial charge in [0.05, 0.1) is 18.3 Å². The predicted molar refractivity (Wildman–Crippen MR) is 126 cm³/mol. The van der Waals surface area contributed by atoms with Crippen molar-refractivity contribution < 1.29 is 14.6 Å². The number of aliphatic hydroxyl groups is 1. The first kappa shape index (κ1) is 22.5. The van der Waals surface area contributed by atoms with Crippen LogP contribution in [0.3, 0.4) is 0 Å². The lowest BCUT2D eigenvalue weighted by molar-refractivity contribution is 0.0178. The first-order valence-electron chi connectivity index (χ1n) is 11.4. The zero-order valence-corrected chi connectivity index (χ0v) is 19.2. The Bertz CT molecular complexity index is 1010. The van der Waals surface area contributed by atoms with Crippen molar-refractivity contribution in [2.75, 3.05) is 19.8 Å². The van der Waals surface area contributed by atoms with Crippen molar-refractivity contribution >= 4 is 0 Å². The van der Waals surface area contributed by atoms with Gasteiger partial charge >= 0.3 is 0 Å². The molecule has 32 heavy (non-hydrogen) atoms. The number of aryl methyl sites for hydroxylation is 2. The van der Waals surface area contributed by atoms with Crippen molar-refractivity contribution in [2.24, 2.45) is 7.05 Å². The number of rotatable bonds is 11. The minimum Gasteiger partial charge on any atom is -0.439 e. The van der Waals surface area contributed by atoms with E-state index in [-0.39, 0.29) is 0 Å². The molecular weight excluding hydrogens is 402 g/mol. The van der Waals surface area contributed by atoms with Gasteiger partial charge in [0.15, 0.2) is 0 Å². The molecule has 1 unspecified atom stereocenters. The fourth-order valence-electron chi connectivity index (χ4n) is 4.00. The van der Waals surface area contributed by atoms with E-state index in [9.17, 15) is 5.11 Å². The van der Waals surface area contributed by atoms with Crippen molar-refractivity contribution in [3.63, 3.8) is 0 Å². The average Bonchev–Trinajstić information content (AvgIpc) is 3.59. The lowest BCUT2D eigenvalue weighted by atomic mass is 10.1. The van der Waals surface area contributed by atoms with Gasteiger partial charge in [-0.1, -0.05) is 42.5 Å². The summed E-state index contributed by atoms with van der Waals surface area (Å²) in [4.78, 5) is 2.34. The SMILES string of the molecule is CCOCC(O)CN(Cc1c(-c2ccccc2)nn(C)c1Oc1cccc(C)c1)C1CC1. The molecule has 1 aliphatic rings. The van der Waals surface area contributed by atoms with Crippen LogP contribution in [0.2, 0.25) is 0 Å². The molecule has 0 amide bonds. The molecule has 1 heterocycles. The van der Waals surface area contributed by atoms with E-state index in [0.717, 1.165) is 46.9 Å². The Labute approximate surface area is 190 Å². The van der Waals surface area contributed by atoms with E-state index in [0.29, 0.717) is 32.3 Å². The molecule has 1 aromatic heterocycles. The Morgan fingerprint density at radius 2 is 1.94 bits per heavy atom. The number of hydrogen-bond acceptors (Lipinski definition) is 5.